The fourth-order valence-electron chi connectivity index (χ4n) is 0.922. The van der Waals surface area contributed by atoms with Gasteiger partial charge in [0.2, 0.25) is 5.13 Å². The van der Waals surface area contributed by atoms with E-state index in [1.807, 2.05) is 0 Å². The fraction of sp³-hybridized carbons (Fsp3) is 0.714. The van der Waals surface area contributed by atoms with Crippen molar-refractivity contribution in [3.63, 3.8) is 0 Å². The van der Waals surface area contributed by atoms with E-state index in [9.17, 15) is 0 Å². The molecule has 1 aliphatic carbocycles. The van der Waals surface area contributed by atoms with Crippen molar-refractivity contribution in [2.75, 3.05) is 12.3 Å². The molecule has 0 spiro atoms. The number of aromatic nitrogens is 2. The van der Waals surface area contributed by atoms with Gasteiger partial charge in [0.15, 0.2) is 0 Å². The van der Waals surface area contributed by atoms with Crippen LogP contribution in [-0.2, 0) is 11.3 Å². The SMILES string of the molecule is Nc1nnc(COCC2CC2)s1. The number of nitrogens with zero attached hydrogens (tertiary/aromatic N) is 2. The van der Waals surface area contributed by atoms with Crippen molar-refractivity contribution in [1.29, 1.82) is 0 Å². The lowest BCUT2D eigenvalue weighted by molar-refractivity contribution is 0.110. The number of nitrogens with two attached hydrogens (primary N) is 1. The number of anilines is 1. The van der Waals surface area contributed by atoms with E-state index in [0.29, 0.717) is 11.7 Å². The van der Waals surface area contributed by atoms with E-state index in [0.717, 1.165) is 17.5 Å². The summed E-state index contributed by atoms with van der Waals surface area (Å²) in [5.41, 5.74) is 5.41. The second-order valence-electron chi connectivity index (χ2n) is 2.99. The molecule has 0 atom stereocenters. The van der Waals surface area contributed by atoms with Crippen molar-refractivity contribution in [3.05, 3.63) is 5.01 Å². The monoisotopic (exact) mass is 185 g/mol. The fourth-order valence-corrected chi connectivity index (χ4v) is 1.47. The zero-order valence-corrected chi connectivity index (χ0v) is 7.51. The molecule has 0 radical (unpaired) electrons. The number of ether oxygens (including phenoxy) is 1. The zero-order valence-electron chi connectivity index (χ0n) is 6.69. The Balaban J connectivity index is 1.71. The van der Waals surface area contributed by atoms with Crippen molar-refractivity contribution in [1.82, 2.24) is 10.2 Å². The van der Waals surface area contributed by atoms with Gasteiger partial charge in [0, 0.05) is 6.61 Å². The highest BCUT2D eigenvalue weighted by Crippen LogP contribution is 2.29. The van der Waals surface area contributed by atoms with Crippen molar-refractivity contribution >= 4 is 16.5 Å². The van der Waals surface area contributed by atoms with Crippen LogP contribution < -0.4 is 5.73 Å². The van der Waals surface area contributed by atoms with E-state index < -0.39 is 0 Å². The molecular weight excluding hydrogens is 174 g/mol. The summed E-state index contributed by atoms with van der Waals surface area (Å²) >= 11 is 1.39. The summed E-state index contributed by atoms with van der Waals surface area (Å²) in [6.45, 7) is 1.42. The van der Waals surface area contributed by atoms with Crippen molar-refractivity contribution in [3.8, 4) is 0 Å². The van der Waals surface area contributed by atoms with Crippen molar-refractivity contribution in [2.24, 2.45) is 5.92 Å². The summed E-state index contributed by atoms with van der Waals surface area (Å²) in [6, 6.07) is 0. The summed E-state index contributed by atoms with van der Waals surface area (Å²) in [5, 5.41) is 8.93. The minimum atomic E-state index is 0.514. The lowest BCUT2D eigenvalue weighted by Gasteiger charge is -1.97. The number of rotatable bonds is 4. The number of hydrogen-bond acceptors (Lipinski definition) is 5. The van der Waals surface area contributed by atoms with Gasteiger partial charge in [0.1, 0.15) is 11.6 Å². The molecule has 1 aromatic heterocycles. The molecular formula is C7H11N3OS. The Labute approximate surface area is 74.8 Å². The first-order valence-corrected chi connectivity index (χ1v) is 4.82. The van der Waals surface area contributed by atoms with Crippen LogP contribution in [0, 0.1) is 5.92 Å². The smallest absolute Gasteiger partial charge is 0.203 e. The second kappa shape index (κ2) is 3.37. The van der Waals surface area contributed by atoms with Crippen LogP contribution in [0.4, 0.5) is 5.13 Å². The Hall–Kier alpha value is -0.680. The van der Waals surface area contributed by atoms with Gasteiger partial charge in [-0.1, -0.05) is 11.3 Å². The predicted molar refractivity (Wildman–Crippen MR) is 46.7 cm³/mol. The highest BCUT2D eigenvalue weighted by molar-refractivity contribution is 7.15. The van der Waals surface area contributed by atoms with E-state index in [1.54, 1.807) is 0 Å². The molecule has 1 saturated carbocycles. The zero-order chi connectivity index (χ0) is 8.39. The topological polar surface area (TPSA) is 61.0 Å². The van der Waals surface area contributed by atoms with Gasteiger partial charge < -0.3 is 10.5 Å². The van der Waals surface area contributed by atoms with Gasteiger partial charge in [-0.05, 0) is 18.8 Å². The molecule has 66 valence electrons. The summed E-state index contributed by atoms with van der Waals surface area (Å²) in [6.07, 6.45) is 2.64. The average molecular weight is 185 g/mol. The van der Waals surface area contributed by atoms with E-state index in [1.165, 1.54) is 24.2 Å². The van der Waals surface area contributed by atoms with Crippen LogP contribution in [0.25, 0.3) is 0 Å². The lowest BCUT2D eigenvalue weighted by atomic mass is 10.5. The van der Waals surface area contributed by atoms with Crippen LogP contribution in [0.5, 0.6) is 0 Å². The lowest BCUT2D eigenvalue weighted by Crippen LogP contribution is -1.96. The van der Waals surface area contributed by atoms with E-state index >= 15 is 0 Å². The molecule has 0 aliphatic heterocycles. The molecule has 2 rings (SSSR count). The van der Waals surface area contributed by atoms with E-state index in [-0.39, 0.29) is 0 Å². The molecule has 4 nitrogen and oxygen atoms in total. The van der Waals surface area contributed by atoms with Crippen LogP contribution in [0.3, 0.4) is 0 Å². The molecule has 0 unspecified atom stereocenters. The summed E-state index contributed by atoms with van der Waals surface area (Å²) in [7, 11) is 0. The van der Waals surface area contributed by atoms with Crippen molar-refractivity contribution in [2.45, 2.75) is 19.4 Å². The van der Waals surface area contributed by atoms with Gasteiger partial charge in [-0.25, -0.2) is 0 Å². The Morgan fingerprint density at radius 2 is 2.33 bits per heavy atom. The highest BCUT2D eigenvalue weighted by Gasteiger charge is 2.21. The average Bonchev–Trinajstić information content (AvgIpc) is 2.76. The van der Waals surface area contributed by atoms with Crippen LogP contribution in [0.1, 0.15) is 17.8 Å². The Morgan fingerprint density at radius 3 is 2.92 bits per heavy atom. The summed E-state index contributed by atoms with van der Waals surface area (Å²) < 4.78 is 5.41. The highest BCUT2D eigenvalue weighted by atomic mass is 32.1. The van der Waals surface area contributed by atoms with Gasteiger partial charge in [-0.3, -0.25) is 0 Å². The van der Waals surface area contributed by atoms with Crippen LogP contribution in [0.2, 0.25) is 0 Å². The Bertz CT molecular complexity index is 259. The maximum atomic E-state index is 5.41. The third-order valence-corrected chi connectivity index (χ3v) is 2.48. The molecule has 5 heteroatoms. The first kappa shape index (κ1) is 7.94. The van der Waals surface area contributed by atoms with Gasteiger partial charge in [-0.2, -0.15) is 0 Å². The standard InChI is InChI=1S/C7H11N3OS/c8-7-10-9-6(12-7)4-11-3-5-1-2-5/h5H,1-4H2,(H2,8,10). The first-order chi connectivity index (χ1) is 5.84. The summed E-state index contributed by atoms with van der Waals surface area (Å²) in [5.74, 6) is 0.801. The van der Waals surface area contributed by atoms with Gasteiger partial charge >= 0.3 is 0 Å². The first-order valence-electron chi connectivity index (χ1n) is 4.00. The van der Waals surface area contributed by atoms with E-state index in [4.69, 9.17) is 10.5 Å². The van der Waals surface area contributed by atoms with Gasteiger partial charge in [0.25, 0.3) is 0 Å². The third-order valence-electron chi connectivity index (χ3n) is 1.76. The maximum Gasteiger partial charge on any atom is 0.203 e. The molecule has 0 amide bonds. The molecule has 12 heavy (non-hydrogen) atoms. The van der Waals surface area contributed by atoms with Crippen LogP contribution in [-0.4, -0.2) is 16.8 Å². The molecule has 1 aliphatic rings. The number of hydrogen-bond donors (Lipinski definition) is 1. The molecule has 0 saturated heterocycles. The van der Waals surface area contributed by atoms with Gasteiger partial charge in [0.05, 0.1) is 0 Å². The Kier molecular flexibility index (Phi) is 2.23. The summed E-state index contributed by atoms with van der Waals surface area (Å²) in [4.78, 5) is 0. The largest absolute Gasteiger partial charge is 0.374 e. The van der Waals surface area contributed by atoms with Gasteiger partial charge in [-0.15, -0.1) is 10.2 Å². The second-order valence-corrected chi connectivity index (χ2v) is 4.09. The minimum Gasteiger partial charge on any atom is -0.374 e. The van der Waals surface area contributed by atoms with Crippen molar-refractivity contribution < 1.29 is 4.74 Å². The predicted octanol–water partition coefficient (Wildman–Crippen LogP) is 1.05. The minimum absolute atomic E-state index is 0.514. The maximum absolute atomic E-state index is 5.41. The molecule has 1 aromatic rings. The molecule has 1 fully saturated rings. The molecule has 0 bridgehead atoms. The normalized spacial score (nSPS) is 16.7. The number of nitrogen functional groups attached to an aromatic ring is 1. The molecule has 1 heterocycles. The van der Waals surface area contributed by atoms with Crippen LogP contribution >= 0.6 is 11.3 Å². The third kappa shape index (κ3) is 2.15. The van der Waals surface area contributed by atoms with E-state index in [2.05, 4.69) is 10.2 Å². The van der Waals surface area contributed by atoms with Crippen LogP contribution in [0.15, 0.2) is 0 Å². The quantitative estimate of drug-likeness (QED) is 0.761. The molecule has 0 aromatic carbocycles. The molecule has 2 N–H and O–H groups in total. The Morgan fingerprint density at radius 1 is 1.50 bits per heavy atom.